The monoisotopic (exact) mass is 298 g/mol. The zero-order valence-electron chi connectivity index (χ0n) is 11.2. The zero-order valence-corrected chi connectivity index (χ0v) is 11.2. The minimum absolute atomic E-state index is 0.0875. The smallest absolute Gasteiger partial charge is 0.387 e. The first-order valence-corrected chi connectivity index (χ1v) is 6.62. The van der Waals surface area contributed by atoms with Crippen molar-refractivity contribution in [3.8, 4) is 5.75 Å². The van der Waals surface area contributed by atoms with Crippen molar-refractivity contribution in [2.24, 2.45) is 11.7 Å². The fourth-order valence-electron chi connectivity index (χ4n) is 2.54. The van der Waals surface area contributed by atoms with Crippen LogP contribution in [0.5, 0.6) is 5.75 Å². The van der Waals surface area contributed by atoms with Crippen LogP contribution in [-0.4, -0.2) is 24.5 Å². The molecule has 2 unspecified atom stereocenters. The molecule has 5 nitrogen and oxygen atoms in total. The van der Waals surface area contributed by atoms with E-state index >= 15 is 0 Å². The van der Waals surface area contributed by atoms with Crippen LogP contribution in [0.2, 0.25) is 0 Å². The Balaban J connectivity index is 2.04. The molecule has 0 heterocycles. The number of hydrogen-bond donors (Lipinski definition) is 2. The summed E-state index contributed by atoms with van der Waals surface area (Å²) in [7, 11) is 0. The number of alkyl halides is 2. The van der Waals surface area contributed by atoms with Gasteiger partial charge < -0.3 is 15.8 Å². The Hall–Kier alpha value is -2.18. The Labute approximate surface area is 120 Å². The third-order valence-electron chi connectivity index (χ3n) is 3.52. The van der Waals surface area contributed by atoms with Crippen molar-refractivity contribution in [1.82, 2.24) is 5.32 Å². The number of benzene rings is 1. The Morgan fingerprint density at radius 1 is 1.33 bits per heavy atom. The molecule has 1 aliphatic carbocycles. The third kappa shape index (κ3) is 3.90. The van der Waals surface area contributed by atoms with Gasteiger partial charge in [-0.3, -0.25) is 9.59 Å². The summed E-state index contributed by atoms with van der Waals surface area (Å²) >= 11 is 0. The minimum Gasteiger partial charge on any atom is -0.435 e. The number of nitrogens with one attached hydrogen (secondary N) is 1. The van der Waals surface area contributed by atoms with Crippen molar-refractivity contribution in [1.29, 1.82) is 0 Å². The molecule has 0 bridgehead atoms. The maximum atomic E-state index is 12.1. The van der Waals surface area contributed by atoms with Crippen LogP contribution in [0.4, 0.5) is 8.78 Å². The van der Waals surface area contributed by atoms with Gasteiger partial charge in [0.2, 0.25) is 5.91 Å². The van der Waals surface area contributed by atoms with Gasteiger partial charge in [0, 0.05) is 11.6 Å². The summed E-state index contributed by atoms with van der Waals surface area (Å²) < 4.78 is 28.5. The molecule has 1 fully saturated rings. The van der Waals surface area contributed by atoms with Gasteiger partial charge in [0.25, 0.3) is 5.91 Å². The van der Waals surface area contributed by atoms with E-state index in [1.54, 1.807) is 0 Å². The van der Waals surface area contributed by atoms with E-state index in [2.05, 4.69) is 10.1 Å². The first-order valence-electron chi connectivity index (χ1n) is 6.62. The maximum Gasteiger partial charge on any atom is 0.387 e. The molecule has 114 valence electrons. The first kappa shape index (κ1) is 15.2. The molecule has 2 amide bonds. The lowest BCUT2D eigenvalue weighted by Crippen LogP contribution is -2.42. The number of primary amides is 1. The predicted molar refractivity (Wildman–Crippen MR) is 70.9 cm³/mol. The second-order valence-corrected chi connectivity index (χ2v) is 4.93. The van der Waals surface area contributed by atoms with Crippen LogP contribution >= 0.6 is 0 Å². The van der Waals surface area contributed by atoms with E-state index in [-0.39, 0.29) is 23.3 Å². The molecule has 1 aromatic rings. The zero-order chi connectivity index (χ0) is 15.4. The Bertz CT molecular complexity index is 537. The fraction of sp³-hybridized carbons (Fsp3) is 0.429. The standard InChI is InChI=1S/C14H16F2N2O3/c15-14(16)21-9-4-1-3-8(7-9)13(20)18-11-6-2-5-10(11)12(17)19/h1,3-4,7,10-11,14H,2,5-6H2,(H2,17,19)(H,18,20). The van der Waals surface area contributed by atoms with Crippen LogP contribution in [-0.2, 0) is 4.79 Å². The van der Waals surface area contributed by atoms with E-state index in [0.29, 0.717) is 12.8 Å². The summed E-state index contributed by atoms with van der Waals surface area (Å²) in [6.45, 7) is -2.95. The maximum absolute atomic E-state index is 12.1. The number of carbonyl (C=O) groups is 2. The second kappa shape index (κ2) is 6.51. The highest BCUT2D eigenvalue weighted by atomic mass is 19.3. The number of ether oxygens (including phenoxy) is 1. The second-order valence-electron chi connectivity index (χ2n) is 4.93. The van der Waals surface area contributed by atoms with Crippen LogP contribution in [0, 0.1) is 5.92 Å². The minimum atomic E-state index is -2.95. The number of nitrogens with two attached hydrogens (primary N) is 1. The third-order valence-corrected chi connectivity index (χ3v) is 3.52. The van der Waals surface area contributed by atoms with E-state index in [1.165, 1.54) is 24.3 Å². The summed E-state index contributed by atoms with van der Waals surface area (Å²) in [6.07, 6.45) is 2.13. The average Bonchev–Trinajstić information content (AvgIpc) is 2.86. The first-order chi connectivity index (χ1) is 9.97. The molecule has 0 spiro atoms. The Morgan fingerprint density at radius 3 is 2.76 bits per heavy atom. The highest BCUT2D eigenvalue weighted by molar-refractivity contribution is 5.95. The lowest BCUT2D eigenvalue weighted by atomic mass is 10.0. The normalized spacial score (nSPS) is 21.3. The molecule has 1 aromatic carbocycles. The lowest BCUT2D eigenvalue weighted by Gasteiger charge is -2.18. The molecule has 0 aromatic heterocycles. The lowest BCUT2D eigenvalue weighted by molar-refractivity contribution is -0.122. The van der Waals surface area contributed by atoms with Crippen molar-refractivity contribution >= 4 is 11.8 Å². The molecule has 7 heteroatoms. The molecule has 0 saturated heterocycles. The molecule has 0 radical (unpaired) electrons. The predicted octanol–water partition coefficient (Wildman–Crippen LogP) is 1.67. The topological polar surface area (TPSA) is 81.4 Å². The van der Waals surface area contributed by atoms with Crippen molar-refractivity contribution in [2.45, 2.75) is 31.9 Å². The molecule has 1 aliphatic rings. The van der Waals surface area contributed by atoms with Gasteiger partial charge in [0.15, 0.2) is 0 Å². The van der Waals surface area contributed by atoms with Gasteiger partial charge in [-0.1, -0.05) is 12.5 Å². The largest absolute Gasteiger partial charge is 0.435 e. The number of hydrogen-bond acceptors (Lipinski definition) is 3. The van der Waals surface area contributed by atoms with Gasteiger partial charge in [-0.25, -0.2) is 0 Å². The van der Waals surface area contributed by atoms with E-state index in [4.69, 9.17) is 5.73 Å². The fourth-order valence-corrected chi connectivity index (χ4v) is 2.54. The van der Waals surface area contributed by atoms with Crippen molar-refractivity contribution < 1.29 is 23.1 Å². The van der Waals surface area contributed by atoms with Gasteiger partial charge in [-0.2, -0.15) is 8.78 Å². The number of rotatable bonds is 5. The Morgan fingerprint density at radius 2 is 2.10 bits per heavy atom. The molecule has 2 atom stereocenters. The Kier molecular flexibility index (Phi) is 4.72. The highest BCUT2D eigenvalue weighted by Crippen LogP contribution is 2.26. The molecule has 21 heavy (non-hydrogen) atoms. The molecular formula is C14H16F2N2O3. The summed E-state index contributed by atoms with van der Waals surface area (Å²) in [5.74, 6) is -1.34. The summed E-state index contributed by atoms with van der Waals surface area (Å²) in [4.78, 5) is 23.4. The van der Waals surface area contributed by atoms with Gasteiger partial charge in [-0.15, -0.1) is 0 Å². The molecular weight excluding hydrogens is 282 g/mol. The van der Waals surface area contributed by atoms with Crippen molar-refractivity contribution in [3.63, 3.8) is 0 Å². The van der Waals surface area contributed by atoms with E-state index in [1.807, 2.05) is 0 Å². The van der Waals surface area contributed by atoms with E-state index in [9.17, 15) is 18.4 Å². The van der Waals surface area contributed by atoms with Crippen LogP contribution < -0.4 is 15.8 Å². The van der Waals surface area contributed by atoms with Crippen LogP contribution in [0.25, 0.3) is 0 Å². The van der Waals surface area contributed by atoms with Crippen molar-refractivity contribution in [3.05, 3.63) is 29.8 Å². The van der Waals surface area contributed by atoms with Crippen molar-refractivity contribution in [2.75, 3.05) is 0 Å². The van der Waals surface area contributed by atoms with E-state index < -0.39 is 18.4 Å². The van der Waals surface area contributed by atoms with Crippen LogP contribution in [0.3, 0.4) is 0 Å². The quantitative estimate of drug-likeness (QED) is 0.867. The van der Waals surface area contributed by atoms with Gasteiger partial charge in [0.05, 0.1) is 5.92 Å². The van der Waals surface area contributed by atoms with Crippen LogP contribution in [0.15, 0.2) is 24.3 Å². The number of halogens is 2. The molecule has 1 saturated carbocycles. The van der Waals surface area contributed by atoms with Crippen LogP contribution in [0.1, 0.15) is 29.6 Å². The highest BCUT2D eigenvalue weighted by Gasteiger charge is 2.32. The number of amides is 2. The average molecular weight is 298 g/mol. The van der Waals surface area contributed by atoms with Gasteiger partial charge >= 0.3 is 6.61 Å². The SMILES string of the molecule is NC(=O)C1CCCC1NC(=O)c1cccc(OC(F)F)c1. The van der Waals surface area contributed by atoms with E-state index in [0.717, 1.165) is 6.42 Å². The van der Waals surface area contributed by atoms with Gasteiger partial charge in [-0.05, 0) is 31.0 Å². The summed E-state index contributed by atoms with van der Waals surface area (Å²) in [6, 6.07) is 5.20. The molecule has 3 N–H and O–H groups in total. The van der Waals surface area contributed by atoms with Gasteiger partial charge in [0.1, 0.15) is 5.75 Å². The molecule has 2 rings (SSSR count). The number of carbonyl (C=O) groups excluding carboxylic acids is 2. The molecule has 0 aliphatic heterocycles. The summed E-state index contributed by atoms with van der Waals surface area (Å²) in [5, 5.41) is 2.72. The summed E-state index contributed by atoms with van der Waals surface area (Å²) in [5.41, 5.74) is 5.49.